The highest BCUT2D eigenvalue weighted by atomic mass is 15.4. The summed E-state index contributed by atoms with van der Waals surface area (Å²) in [5, 5.41) is 0. The van der Waals surface area contributed by atoms with Gasteiger partial charge in [-0.05, 0) is 12.3 Å². The Hall–Kier alpha value is -0.770. The van der Waals surface area contributed by atoms with Gasteiger partial charge in [0.1, 0.15) is 0 Å². The van der Waals surface area contributed by atoms with Crippen molar-refractivity contribution in [2.24, 2.45) is 16.8 Å². The van der Waals surface area contributed by atoms with E-state index in [1.54, 1.807) is 7.05 Å². The Kier molecular flexibility index (Phi) is 2.70. The zero-order valence-corrected chi connectivity index (χ0v) is 7.17. The van der Waals surface area contributed by atoms with E-state index < -0.39 is 0 Å². The normalized spacial score (nSPS) is 25.9. The zero-order valence-electron chi connectivity index (χ0n) is 7.17. The molecule has 1 heterocycles. The van der Waals surface area contributed by atoms with Crippen LogP contribution in [0.25, 0.3) is 0 Å². The summed E-state index contributed by atoms with van der Waals surface area (Å²) in [6.45, 7) is 4.37. The van der Waals surface area contributed by atoms with E-state index in [1.165, 1.54) is 6.42 Å². The number of hydrogen-bond acceptors (Lipinski definition) is 2. The van der Waals surface area contributed by atoms with Gasteiger partial charge in [-0.2, -0.15) is 0 Å². The predicted octanol–water partition coefficient (Wildman–Crippen LogP) is -0.223. The molecule has 1 aliphatic rings. The van der Waals surface area contributed by atoms with Crippen molar-refractivity contribution in [1.82, 2.24) is 10.3 Å². The molecule has 1 saturated heterocycles. The number of hydrogen-bond donors (Lipinski definition) is 2. The van der Waals surface area contributed by atoms with E-state index in [-0.39, 0.29) is 0 Å². The summed E-state index contributed by atoms with van der Waals surface area (Å²) in [7, 11) is 1.75. The van der Waals surface area contributed by atoms with Crippen LogP contribution < -0.4 is 11.3 Å². The predicted molar refractivity (Wildman–Crippen MR) is 46.0 cm³/mol. The Morgan fingerprint density at radius 2 is 2.45 bits per heavy atom. The number of aliphatic imine (C=N–C) groups is 1. The van der Waals surface area contributed by atoms with Gasteiger partial charge in [-0.3, -0.25) is 10.4 Å². The molecule has 1 unspecified atom stereocenters. The molecule has 0 bridgehead atoms. The van der Waals surface area contributed by atoms with Crippen LogP contribution in [0.5, 0.6) is 0 Å². The fraction of sp³-hybridized carbons (Fsp3) is 0.857. The molecule has 0 aromatic heterocycles. The second kappa shape index (κ2) is 3.57. The lowest BCUT2D eigenvalue weighted by atomic mass is 10.2. The monoisotopic (exact) mass is 156 g/mol. The fourth-order valence-corrected chi connectivity index (χ4v) is 1.42. The molecular weight excluding hydrogens is 140 g/mol. The van der Waals surface area contributed by atoms with Crippen LogP contribution in [0.3, 0.4) is 0 Å². The van der Waals surface area contributed by atoms with Crippen molar-refractivity contribution in [2.75, 3.05) is 20.1 Å². The molecule has 4 nitrogen and oxygen atoms in total. The third-order valence-electron chi connectivity index (χ3n) is 2.06. The molecule has 1 fully saturated rings. The minimum atomic E-state index is 0.764. The third-order valence-corrected chi connectivity index (χ3v) is 2.06. The molecule has 0 saturated carbocycles. The minimum absolute atomic E-state index is 0.764. The van der Waals surface area contributed by atoms with Crippen LogP contribution in [0, 0.1) is 5.92 Å². The van der Waals surface area contributed by atoms with Gasteiger partial charge in [-0.25, -0.2) is 5.84 Å². The van der Waals surface area contributed by atoms with E-state index in [0.717, 1.165) is 25.0 Å². The van der Waals surface area contributed by atoms with Crippen LogP contribution in [0.2, 0.25) is 0 Å². The Balaban J connectivity index is 2.48. The average molecular weight is 156 g/mol. The molecule has 1 aliphatic heterocycles. The molecule has 64 valence electrons. The highest BCUT2D eigenvalue weighted by molar-refractivity contribution is 5.79. The van der Waals surface area contributed by atoms with Crippen molar-refractivity contribution in [3.05, 3.63) is 0 Å². The first-order valence-corrected chi connectivity index (χ1v) is 3.96. The smallest absolute Gasteiger partial charge is 0.208 e. The Morgan fingerprint density at radius 1 is 1.73 bits per heavy atom. The molecule has 1 atom stereocenters. The lowest BCUT2D eigenvalue weighted by Gasteiger charge is -2.18. The average Bonchev–Trinajstić information content (AvgIpc) is 2.39. The zero-order chi connectivity index (χ0) is 8.27. The summed E-state index contributed by atoms with van der Waals surface area (Å²) < 4.78 is 0. The van der Waals surface area contributed by atoms with Gasteiger partial charge in [-0.1, -0.05) is 6.92 Å². The van der Waals surface area contributed by atoms with Gasteiger partial charge in [0.05, 0.1) is 0 Å². The summed E-state index contributed by atoms with van der Waals surface area (Å²) in [6.07, 6.45) is 1.24. The lowest BCUT2D eigenvalue weighted by molar-refractivity contribution is 0.474. The van der Waals surface area contributed by atoms with Crippen LogP contribution in [-0.2, 0) is 0 Å². The van der Waals surface area contributed by atoms with Crippen molar-refractivity contribution in [3.8, 4) is 0 Å². The number of hydrazine groups is 1. The molecule has 0 spiro atoms. The first-order valence-electron chi connectivity index (χ1n) is 3.96. The summed E-state index contributed by atoms with van der Waals surface area (Å²) in [5.74, 6) is 6.85. The Labute approximate surface area is 67.4 Å². The van der Waals surface area contributed by atoms with Crippen LogP contribution in [0.15, 0.2) is 4.99 Å². The molecule has 4 heteroatoms. The largest absolute Gasteiger partial charge is 0.342 e. The molecule has 0 aromatic rings. The number of nitrogens with zero attached hydrogens (tertiary/aromatic N) is 2. The first-order chi connectivity index (χ1) is 5.27. The van der Waals surface area contributed by atoms with E-state index in [9.17, 15) is 0 Å². The van der Waals surface area contributed by atoms with Gasteiger partial charge in [0.2, 0.25) is 5.96 Å². The fourth-order valence-electron chi connectivity index (χ4n) is 1.42. The topological polar surface area (TPSA) is 53.6 Å². The maximum Gasteiger partial charge on any atom is 0.208 e. The van der Waals surface area contributed by atoms with Crippen LogP contribution in [0.4, 0.5) is 0 Å². The summed E-state index contributed by atoms with van der Waals surface area (Å²) in [4.78, 5) is 6.20. The van der Waals surface area contributed by atoms with Gasteiger partial charge in [0, 0.05) is 20.1 Å². The van der Waals surface area contributed by atoms with Gasteiger partial charge in [0.25, 0.3) is 0 Å². The van der Waals surface area contributed by atoms with E-state index in [2.05, 4.69) is 22.2 Å². The molecule has 3 N–H and O–H groups in total. The second-order valence-electron chi connectivity index (χ2n) is 3.03. The Morgan fingerprint density at radius 3 is 2.82 bits per heavy atom. The number of likely N-dealkylation sites (tertiary alicyclic amines) is 1. The molecule has 1 rings (SSSR count). The highest BCUT2D eigenvalue weighted by Crippen LogP contribution is 2.14. The van der Waals surface area contributed by atoms with E-state index >= 15 is 0 Å². The molecule has 0 radical (unpaired) electrons. The van der Waals surface area contributed by atoms with Crippen LogP contribution in [-0.4, -0.2) is 31.0 Å². The molecule has 0 aromatic carbocycles. The highest BCUT2D eigenvalue weighted by Gasteiger charge is 2.20. The summed E-state index contributed by atoms with van der Waals surface area (Å²) in [6, 6.07) is 0. The second-order valence-corrected chi connectivity index (χ2v) is 3.03. The van der Waals surface area contributed by atoms with Crippen molar-refractivity contribution in [3.63, 3.8) is 0 Å². The summed E-state index contributed by atoms with van der Waals surface area (Å²) >= 11 is 0. The van der Waals surface area contributed by atoms with E-state index in [1.807, 2.05) is 0 Å². The Bertz CT molecular complexity index is 155. The molecular formula is C7H16N4. The number of nitrogens with two attached hydrogens (primary N) is 1. The lowest BCUT2D eigenvalue weighted by Crippen LogP contribution is -2.43. The first kappa shape index (κ1) is 8.33. The van der Waals surface area contributed by atoms with Crippen LogP contribution >= 0.6 is 0 Å². The van der Waals surface area contributed by atoms with Gasteiger partial charge < -0.3 is 4.90 Å². The maximum atomic E-state index is 5.29. The standard InChI is InChI=1S/C7H16N4/c1-6-3-4-11(5-6)7(9-2)10-8/h6H,3-5,8H2,1-2H3,(H,9,10). The quantitative estimate of drug-likeness (QED) is 0.220. The van der Waals surface area contributed by atoms with Crippen molar-refractivity contribution in [2.45, 2.75) is 13.3 Å². The van der Waals surface area contributed by atoms with Gasteiger partial charge in [0.15, 0.2) is 0 Å². The molecule has 0 aliphatic carbocycles. The van der Waals surface area contributed by atoms with Crippen LogP contribution in [0.1, 0.15) is 13.3 Å². The van der Waals surface area contributed by atoms with Crippen molar-refractivity contribution in [1.29, 1.82) is 0 Å². The van der Waals surface area contributed by atoms with Crippen molar-refractivity contribution < 1.29 is 0 Å². The number of guanidine groups is 1. The van der Waals surface area contributed by atoms with Crippen molar-refractivity contribution >= 4 is 5.96 Å². The van der Waals surface area contributed by atoms with Gasteiger partial charge >= 0.3 is 0 Å². The third kappa shape index (κ3) is 1.83. The molecule has 0 amide bonds. The molecule has 11 heavy (non-hydrogen) atoms. The number of nitrogens with one attached hydrogen (secondary N) is 1. The number of rotatable bonds is 0. The summed E-state index contributed by atoms with van der Waals surface area (Å²) in [5.41, 5.74) is 2.59. The maximum absolute atomic E-state index is 5.29. The van der Waals surface area contributed by atoms with E-state index in [4.69, 9.17) is 5.84 Å². The van der Waals surface area contributed by atoms with E-state index in [0.29, 0.717) is 0 Å². The SMILES string of the molecule is CN=C(NN)N1CCC(C)C1. The van der Waals surface area contributed by atoms with Gasteiger partial charge in [-0.15, -0.1) is 0 Å². The minimum Gasteiger partial charge on any atom is -0.342 e.